The summed E-state index contributed by atoms with van der Waals surface area (Å²) in [7, 11) is 0. The van der Waals surface area contributed by atoms with Crippen molar-refractivity contribution in [3.05, 3.63) is 127 Å². The van der Waals surface area contributed by atoms with Gasteiger partial charge in [-0.1, -0.05) is 48.5 Å². The summed E-state index contributed by atoms with van der Waals surface area (Å²) in [6.45, 7) is 7.57. The third-order valence-electron chi connectivity index (χ3n) is 8.62. The quantitative estimate of drug-likeness (QED) is 0.0515. The van der Waals surface area contributed by atoms with Gasteiger partial charge in [0.15, 0.2) is 0 Å². The minimum Gasteiger partial charge on any atom is -0.491 e. The molecule has 2 aliphatic rings. The summed E-state index contributed by atoms with van der Waals surface area (Å²) in [6, 6.07) is 32.8. The van der Waals surface area contributed by atoms with Gasteiger partial charge in [-0.2, -0.15) is 0 Å². The number of carbonyl (C=O) groups excluding carboxylic acids is 2. The molecular weight excluding hydrogens is 690 g/mol. The summed E-state index contributed by atoms with van der Waals surface area (Å²) in [5, 5.41) is 0. The van der Waals surface area contributed by atoms with Crippen LogP contribution in [0.3, 0.4) is 0 Å². The molecule has 0 radical (unpaired) electrons. The third kappa shape index (κ3) is 10.7. The number of aromatic nitrogens is 1. The van der Waals surface area contributed by atoms with Gasteiger partial charge >= 0.3 is 11.9 Å². The highest BCUT2D eigenvalue weighted by Crippen LogP contribution is 2.27. The number of rotatable bonds is 18. The predicted molar refractivity (Wildman–Crippen MR) is 199 cm³/mol. The Hall–Kier alpha value is -5.59. The summed E-state index contributed by atoms with van der Waals surface area (Å²) >= 11 is 0. The Bertz CT molecular complexity index is 1830. The molecule has 11 nitrogen and oxygen atoms in total. The molecule has 0 saturated carbocycles. The lowest BCUT2D eigenvalue weighted by molar-refractivity contribution is 0.0241. The van der Waals surface area contributed by atoms with Crippen LogP contribution in [0.2, 0.25) is 0 Å². The number of pyridine rings is 1. The van der Waals surface area contributed by atoms with E-state index in [9.17, 15) is 9.59 Å². The van der Waals surface area contributed by atoms with E-state index >= 15 is 0 Å². The van der Waals surface area contributed by atoms with E-state index in [1.807, 2.05) is 86.6 Å². The maximum atomic E-state index is 12.8. The summed E-state index contributed by atoms with van der Waals surface area (Å²) in [5.74, 6) is 0.994. The van der Waals surface area contributed by atoms with Crippen LogP contribution in [0, 0.1) is 0 Å². The van der Waals surface area contributed by atoms with Crippen LogP contribution in [0.4, 0.5) is 0 Å². The molecule has 11 heteroatoms. The van der Waals surface area contributed by atoms with Gasteiger partial charge in [-0.3, -0.25) is 0 Å². The van der Waals surface area contributed by atoms with Crippen molar-refractivity contribution < 1.29 is 47.5 Å². The van der Waals surface area contributed by atoms with E-state index in [0.29, 0.717) is 37.9 Å². The molecule has 5 aromatic rings. The molecule has 2 saturated heterocycles. The molecule has 4 aromatic carbocycles. The smallest absolute Gasteiger partial charge is 0.362 e. The average molecular weight is 732 g/mol. The minimum atomic E-state index is -0.648. The largest absolute Gasteiger partial charge is 0.491 e. The zero-order chi connectivity index (χ0) is 37.3. The van der Waals surface area contributed by atoms with Gasteiger partial charge in [-0.25, -0.2) is 14.6 Å². The number of epoxide rings is 2. The maximum Gasteiger partial charge on any atom is 0.362 e. The van der Waals surface area contributed by atoms with Gasteiger partial charge in [-0.05, 0) is 96.8 Å². The Balaban J connectivity index is 0.848. The molecule has 1 aromatic heterocycles. The molecule has 4 unspecified atom stereocenters. The van der Waals surface area contributed by atoms with E-state index in [1.54, 1.807) is 24.3 Å². The topological polar surface area (TPSA) is 127 Å². The number of nitrogens with zero attached hydrogens (tertiary/aromatic N) is 1. The molecule has 3 heterocycles. The van der Waals surface area contributed by atoms with Crippen molar-refractivity contribution in [2.45, 2.75) is 38.3 Å². The third-order valence-corrected chi connectivity index (χ3v) is 8.62. The van der Waals surface area contributed by atoms with Crippen LogP contribution < -0.4 is 18.9 Å². The van der Waals surface area contributed by atoms with Crippen LogP contribution in [0.1, 0.15) is 34.7 Å². The van der Waals surface area contributed by atoms with Crippen molar-refractivity contribution in [3.63, 3.8) is 0 Å². The molecule has 0 spiro atoms. The van der Waals surface area contributed by atoms with Gasteiger partial charge in [0.25, 0.3) is 0 Å². The molecule has 0 N–H and O–H groups in total. The molecule has 2 aliphatic heterocycles. The van der Waals surface area contributed by atoms with Crippen LogP contribution in [-0.4, -0.2) is 81.0 Å². The highest BCUT2D eigenvalue weighted by Gasteiger charge is 2.24. The van der Waals surface area contributed by atoms with Gasteiger partial charge in [-0.15, -0.1) is 0 Å². The molecule has 4 atom stereocenters. The normalized spacial score (nSPS) is 16.9. The maximum absolute atomic E-state index is 12.8. The lowest BCUT2D eigenvalue weighted by atomic mass is 10.1. The second-order valence-corrected chi connectivity index (χ2v) is 13.1. The Morgan fingerprint density at radius 1 is 0.574 bits per heavy atom. The molecular formula is C43H41NO10. The Labute approximate surface area is 313 Å². The minimum absolute atomic E-state index is 0.0321. The van der Waals surface area contributed by atoms with Crippen LogP contribution in [0.25, 0.3) is 22.3 Å². The highest BCUT2D eigenvalue weighted by molar-refractivity contribution is 5.93. The van der Waals surface area contributed by atoms with E-state index < -0.39 is 11.9 Å². The van der Waals surface area contributed by atoms with E-state index in [-0.39, 0.29) is 35.7 Å². The molecule has 0 bridgehead atoms. The number of hydrogen-bond acceptors (Lipinski definition) is 11. The van der Waals surface area contributed by atoms with E-state index in [1.165, 1.54) is 18.3 Å². The van der Waals surface area contributed by atoms with Gasteiger partial charge in [0.1, 0.15) is 54.1 Å². The summed E-state index contributed by atoms with van der Waals surface area (Å²) in [4.78, 5) is 29.7. The van der Waals surface area contributed by atoms with Crippen molar-refractivity contribution in [1.82, 2.24) is 4.98 Å². The molecule has 0 amide bonds. The first-order valence-electron chi connectivity index (χ1n) is 17.9. The summed E-state index contributed by atoms with van der Waals surface area (Å²) in [5.41, 5.74) is 4.12. The molecule has 0 aliphatic carbocycles. The number of carbonyl (C=O) groups is 2. The number of benzene rings is 4. The van der Waals surface area contributed by atoms with Gasteiger partial charge < -0.3 is 37.9 Å². The Kier molecular flexibility index (Phi) is 11.9. The molecule has 54 heavy (non-hydrogen) atoms. The van der Waals surface area contributed by atoms with Gasteiger partial charge in [0, 0.05) is 6.20 Å². The van der Waals surface area contributed by atoms with Crippen molar-refractivity contribution in [3.8, 4) is 45.3 Å². The van der Waals surface area contributed by atoms with E-state index in [2.05, 4.69) is 4.98 Å². The second-order valence-electron chi connectivity index (χ2n) is 13.1. The first-order valence-corrected chi connectivity index (χ1v) is 17.9. The van der Waals surface area contributed by atoms with Crippen LogP contribution in [-0.2, 0) is 18.9 Å². The zero-order valence-electron chi connectivity index (χ0n) is 30.1. The summed E-state index contributed by atoms with van der Waals surface area (Å²) < 4.78 is 44.5. The Morgan fingerprint density at radius 2 is 0.963 bits per heavy atom. The van der Waals surface area contributed by atoms with E-state index in [0.717, 1.165) is 47.0 Å². The number of hydrogen-bond donors (Lipinski definition) is 0. The zero-order valence-corrected chi connectivity index (χ0v) is 30.1. The molecule has 2 fully saturated rings. The molecule has 278 valence electrons. The second kappa shape index (κ2) is 17.5. The number of esters is 2. The van der Waals surface area contributed by atoms with Crippen molar-refractivity contribution in [2.24, 2.45) is 0 Å². The van der Waals surface area contributed by atoms with Crippen molar-refractivity contribution >= 4 is 11.9 Å². The SMILES string of the molecule is CC(COc1ccc(-c2ccc(OC(=O)c3ccc(C(=O)Oc4ccc(-c5ccc(OCC(C)OCC6CO6)cc5)cc4)nc3)cc2)cc1)OCC1CO1. The standard InChI is InChI=1S/C43H41NO10/c1-28(47-24-39-26-51-39)22-49-35-12-3-30(4-13-35)32-7-16-37(17-8-32)53-42(45)34-11-20-41(44-21-34)43(46)54-38-18-9-33(10-19-38)31-5-14-36(15-6-31)50-23-29(2)48-25-40-27-52-40/h3-21,28-29,39-40H,22-27H2,1-2H3. The average Bonchev–Trinajstić information content (AvgIpc) is 4.15. The Morgan fingerprint density at radius 3 is 1.33 bits per heavy atom. The van der Waals surface area contributed by atoms with Gasteiger partial charge in [0.2, 0.25) is 0 Å². The first kappa shape index (κ1) is 36.8. The highest BCUT2D eigenvalue weighted by atomic mass is 16.6. The fourth-order valence-corrected chi connectivity index (χ4v) is 5.27. The first-order chi connectivity index (χ1) is 26.3. The van der Waals surface area contributed by atoms with E-state index in [4.69, 9.17) is 37.9 Å². The lowest BCUT2D eigenvalue weighted by Crippen LogP contribution is -2.20. The molecule has 7 rings (SSSR count). The van der Waals surface area contributed by atoms with Crippen LogP contribution in [0.5, 0.6) is 23.0 Å². The van der Waals surface area contributed by atoms with Crippen molar-refractivity contribution in [2.75, 3.05) is 39.6 Å². The fourth-order valence-electron chi connectivity index (χ4n) is 5.27. The predicted octanol–water partition coefficient (Wildman–Crippen LogP) is 7.22. The fraction of sp³-hybridized carbons (Fsp3) is 0.279. The van der Waals surface area contributed by atoms with Crippen LogP contribution in [0.15, 0.2) is 115 Å². The number of ether oxygens (including phenoxy) is 8. The summed E-state index contributed by atoms with van der Waals surface area (Å²) in [6.07, 6.45) is 1.68. The monoisotopic (exact) mass is 731 g/mol. The lowest BCUT2D eigenvalue weighted by Gasteiger charge is -2.14. The van der Waals surface area contributed by atoms with Crippen LogP contribution >= 0.6 is 0 Å². The van der Waals surface area contributed by atoms with Gasteiger partial charge in [0.05, 0.1) is 44.2 Å². The van der Waals surface area contributed by atoms with Crippen molar-refractivity contribution in [1.29, 1.82) is 0 Å².